The molecule has 0 bridgehead atoms. The van der Waals surface area contributed by atoms with Crippen molar-refractivity contribution < 1.29 is 9.94 Å². The Bertz CT molecular complexity index is 203. The van der Waals surface area contributed by atoms with Gasteiger partial charge < -0.3 is 21.0 Å². The molecule has 1 aliphatic rings. The molecule has 0 saturated carbocycles. The fourth-order valence-corrected chi connectivity index (χ4v) is 1.73. The van der Waals surface area contributed by atoms with Crippen molar-refractivity contribution in [3.8, 4) is 0 Å². The van der Waals surface area contributed by atoms with E-state index in [-0.39, 0.29) is 11.9 Å². The highest BCUT2D eigenvalue weighted by molar-refractivity contribution is 5.80. The van der Waals surface area contributed by atoms with Gasteiger partial charge in [-0.3, -0.25) is 0 Å². The first-order valence-corrected chi connectivity index (χ1v) is 5.53. The topological polar surface area (TPSA) is 79.9 Å². The second-order valence-electron chi connectivity index (χ2n) is 4.09. The van der Waals surface area contributed by atoms with Crippen LogP contribution in [-0.2, 0) is 4.74 Å². The van der Waals surface area contributed by atoms with Gasteiger partial charge in [-0.1, -0.05) is 5.16 Å². The minimum atomic E-state index is 0.214. The molecular formula is C10H21N3O2. The van der Waals surface area contributed by atoms with Crippen molar-refractivity contribution in [2.45, 2.75) is 44.8 Å². The zero-order chi connectivity index (χ0) is 11.1. The third-order valence-electron chi connectivity index (χ3n) is 2.61. The SMILES string of the molecule is CC(CC(N)=NO)NCC1CCCCO1. The molecule has 0 radical (unpaired) electrons. The van der Waals surface area contributed by atoms with Crippen LogP contribution < -0.4 is 11.1 Å². The van der Waals surface area contributed by atoms with Crippen molar-refractivity contribution >= 4 is 5.84 Å². The lowest BCUT2D eigenvalue weighted by Crippen LogP contribution is -2.38. The van der Waals surface area contributed by atoms with Crippen LogP contribution in [0.25, 0.3) is 0 Å². The fraction of sp³-hybridized carbons (Fsp3) is 0.900. The van der Waals surface area contributed by atoms with E-state index in [0.29, 0.717) is 12.5 Å². The van der Waals surface area contributed by atoms with Crippen molar-refractivity contribution in [2.75, 3.05) is 13.2 Å². The van der Waals surface area contributed by atoms with Crippen molar-refractivity contribution in [1.82, 2.24) is 5.32 Å². The number of nitrogens with one attached hydrogen (secondary N) is 1. The van der Waals surface area contributed by atoms with Crippen molar-refractivity contribution in [1.29, 1.82) is 0 Å². The molecule has 0 aromatic heterocycles. The molecule has 1 aliphatic heterocycles. The molecule has 4 N–H and O–H groups in total. The Labute approximate surface area is 90.7 Å². The molecule has 1 fully saturated rings. The van der Waals surface area contributed by atoms with Gasteiger partial charge in [-0.05, 0) is 26.2 Å². The average Bonchev–Trinajstić information content (AvgIpc) is 2.27. The summed E-state index contributed by atoms with van der Waals surface area (Å²) in [7, 11) is 0. The van der Waals surface area contributed by atoms with Gasteiger partial charge in [0.2, 0.25) is 0 Å². The Morgan fingerprint density at radius 2 is 2.47 bits per heavy atom. The molecular weight excluding hydrogens is 194 g/mol. The maximum atomic E-state index is 8.41. The highest BCUT2D eigenvalue weighted by Gasteiger charge is 2.14. The van der Waals surface area contributed by atoms with Crippen molar-refractivity contribution in [3.63, 3.8) is 0 Å². The van der Waals surface area contributed by atoms with Crippen LogP contribution in [0.4, 0.5) is 0 Å². The minimum Gasteiger partial charge on any atom is -0.409 e. The van der Waals surface area contributed by atoms with E-state index in [1.54, 1.807) is 0 Å². The number of hydrogen-bond acceptors (Lipinski definition) is 4. The summed E-state index contributed by atoms with van der Waals surface area (Å²) in [6.07, 6.45) is 4.44. The molecule has 0 aliphatic carbocycles. The smallest absolute Gasteiger partial charge is 0.140 e. The second kappa shape index (κ2) is 6.63. The maximum absolute atomic E-state index is 8.41. The van der Waals surface area contributed by atoms with Crippen LogP contribution in [0, 0.1) is 0 Å². The normalized spacial score (nSPS) is 25.1. The molecule has 15 heavy (non-hydrogen) atoms. The molecule has 0 amide bonds. The van der Waals surface area contributed by atoms with E-state index in [9.17, 15) is 0 Å². The van der Waals surface area contributed by atoms with Gasteiger partial charge in [0, 0.05) is 25.6 Å². The minimum absolute atomic E-state index is 0.214. The first-order valence-electron chi connectivity index (χ1n) is 5.53. The molecule has 1 saturated heterocycles. The van der Waals surface area contributed by atoms with E-state index in [1.807, 2.05) is 6.92 Å². The van der Waals surface area contributed by atoms with Crippen LogP contribution >= 0.6 is 0 Å². The number of nitrogens with two attached hydrogens (primary N) is 1. The third-order valence-corrected chi connectivity index (χ3v) is 2.61. The summed E-state index contributed by atoms with van der Waals surface area (Å²) in [6.45, 7) is 3.74. The van der Waals surface area contributed by atoms with Gasteiger partial charge in [0.05, 0.1) is 6.10 Å². The highest BCUT2D eigenvalue weighted by Crippen LogP contribution is 2.11. The molecule has 5 nitrogen and oxygen atoms in total. The van der Waals surface area contributed by atoms with E-state index in [1.165, 1.54) is 12.8 Å². The molecule has 2 atom stereocenters. The van der Waals surface area contributed by atoms with Crippen LogP contribution in [0.1, 0.15) is 32.6 Å². The molecule has 1 rings (SSSR count). The van der Waals surface area contributed by atoms with Gasteiger partial charge in [-0.15, -0.1) is 0 Å². The third kappa shape index (κ3) is 4.99. The van der Waals surface area contributed by atoms with Gasteiger partial charge in [0.15, 0.2) is 0 Å². The monoisotopic (exact) mass is 215 g/mol. The Balaban J connectivity index is 2.12. The van der Waals surface area contributed by atoms with Gasteiger partial charge in [-0.2, -0.15) is 0 Å². The number of hydrogen-bond donors (Lipinski definition) is 3. The maximum Gasteiger partial charge on any atom is 0.140 e. The van der Waals surface area contributed by atoms with Crippen LogP contribution in [0.5, 0.6) is 0 Å². The van der Waals surface area contributed by atoms with Gasteiger partial charge in [-0.25, -0.2) is 0 Å². The molecule has 0 aromatic carbocycles. The summed E-state index contributed by atoms with van der Waals surface area (Å²) >= 11 is 0. The van der Waals surface area contributed by atoms with Crippen molar-refractivity contribution in [3.05, 3.63) is 0 Å². The molecule has 1 heterocycles. The first kappa shape index (κ1) is 12.3. The van der Waals surface area contributed by atoms with Crippen molar-refractivity contribution in [2.24, 2.45) is 10.9 Å². The quantitative estimate of drug-likeness (QED) is 0.272. The van der Waals surface area contributed by atoms with Gasteiger partial charge in [0.1, 0.15) is 5.84 Å². The zero-order valence-corrected chi connectivity index (χ0v) is 9.28. The van der Waals surface area contributed by atoms with Crippen LogP contribution in [0.2, 0.25) is 0 Å². The molecule has 0 spiro atoms. The van der Waals surface area contributed by atoms with Gasteiger partial charge >= 0.3 is 0 Å². The second-order valence-corrected chi connectivity index (χ2v) is 4.09. The van der Waals surface area contributed by atoms with E-state index >= 15 is 0 Å². The van der Waals surface area contributed by atoms with Gasteiger partial charge in [0.25, 0.3) is 0 Å². The summed E-state index contributed by atoms with van der Waals surface area (Å²) in [5.41, 5.74) is 5.41. The first-order chi connectivity index (χ1) is 7.22. The summed E-state index contributed by atoms with van der Waals surface area (Å²) in [6, 6.07) is 0.214. The molecule has 88 valence electrons. The average molecular weight is 215 g/mol. The number of nitrogens with zero attached hydrogens (tertiary/aromatic N) is 1. The summed E-state index contributed by atoms with van der Waals surface area (Å²) in [5.74, 6) is 0.263. The highest BCUT2D eigenvalue weighted by atomic mass is 16.5. The number of amidine groups is 1. The predicted octanol–water partition coefficient (Wildman–Crippen LogP) is 0.670. The standard InChI is InChI=1S/C10H21N3O2/c1-8(6-10(11)13-14)12-7-9-4-2-3-5-15-9/h8-9,12,14H,2-7H2,1H3,(H2,11,13). The van der Waals surface area contributed by atoms with E-state index in [0.717, 1.165) is 19.6 Å². The van der Waals surface area contributed by atoms with Crippen LogP contribution in [0.3, 0.4) is 0 Å². The van der Waals surface area contributed by atoms with E-state index < -0.39 is 0 Å². The van der Waals surface area contributed by atoms with Crippen LogP contribution in [-0.4, -0.2) is 36.3 Å². The number of ether oxygens (including phenoxy) is 1. The Morgan fingerprint density at radius 3 is 3.07 bits per heavy atom. The lowest BCUT2D eigenvalue weighted by Gasteiger charge is -2.24. The lowest BCUT2D eigenvalue weighted by molar-refractivity contribution is 0.0157. The van der Waals surface area contributed by atoms with E-state index in [4.69, 9.17) is 15.7 Å². The van der Waals surface area contributed by atoms with E-state index in [2.05, 4.69) is 10.5 Å². The summed E-state index contributed by atoms with van der Waals surface area (Å²) in [4.78, 5) is 0. The Morgan fingerprint density at radius 1 is 1.67 bits per heavy atom. The fourth-order valence-electron chi connectivity index (χ4n) is 1.73. The Kier molecular flexibility index (Phi) is 5.42. The largest absolute Gasteiger partial charge is 0.409 e. The molecule has 5 heteroatoms. The lowest BCUT2D eigenvalue weighted by atomic mass is 10.1. The number of rotatable bonds is 5. The Hall–Kier alpha value is -0.810. The van der Waals surface area contributed by atoms with Crippen LogP contribution in [0.15, 0.2) is 5.16 Å². The zero-order valence-electron chi connectivity index (χ0n) is 9.28. The molecule has 2 unspecified atom stereocenters. The predicted molar refractivity (Wildman–Crippen MR) is 59.1 cm³/mol. The molecule has 0 aromatic rings. The summed E-state index contributed by atoms with van der Waals surface area (Å²) in [5, 5.41) is 14.7. The number of oxime groups is 1. The summed E-state index contributed by atoms with van der Waals surface area (Å²) < 4.78 is 5.59.